The van der Waals surface area contributed by atoms with Gasteiger partial charge in [-0.05, 0) is 12.8 Å². The molecule has 1 unspecified atom stereocenters. The predicted octanol–water partition coefficient (Wildman–Crippen LogP) is 0.714. The smallest absolute Gasteiger partial charge is 0.329 e. The Morgan fingerprint density at radius 3 is 2.48 bits per heavy atom. The standard InChI is InChI=1S/C14H22N4O3/c1-18-9-10(8-16-18)11(15)12(19)17-14(13(20)21)6-4-2-3-5-7-14/h8-9,11H,2-7,15H2,1H3,(H,17,19)(H,20,21). The monoisotopic (exact) mass is 294 g/mol. The van der Waals surface area contributed by atoms with E-state index in [0.717, 1.165) is 25.7 Å². The topological polar surface area (TPSA) is 110 Å². The highest BCUT2D eigenvalue weighted by molar-refractivity contribution is 5.90. The fraction of sp³-hybridized carbons (Fsp3) is 0.643. The Bertz CT molecular complexity index is 518. The van der Waals surface area contributed by atoms with Gasteiger partial charge in [0.05, 0.1) is 6.20 Å². The first-order valence-corrected chi connectivity index (χ1v) is 7.24. The molecular weight excluding hydrogens is 272 g/mol. The third-order valence-electron chi connectivity index (χ3n) is 4.10. The summed E-state index contributed by atoms with van der Waals surface area (Å²) in [6, 6.07) is -0.904. The van der Waals surface area contributed by atoms with Crippen molar-refractivity contribution in [1.29, 1.82) is 0 Å². The number of carbonyl (C=O) groups excluding carboxylic acids is 1. The molecule has 1 saturated carbocycles. The number of carboxylic acid groups (broad SMARTS) is 1. The van der Waals surface area contributed by atoms with Crippen LogP contribution >= 0.6 is 0 Å². The number of rotatable bonds is 4. The maximum Gasteiger partial charge on any atom is 0.329 e. The highest BCUT2D eigenvalue weighted by atomic mass is 16.4. The number of aromatic nitrogens is 2. The number of nitrogens with zero attached hydrogens (tertiary/aromatic N) is 2. The SMILES string of the molecule is Cn1cc(C(N)C(=O)NC2(C(=O)O)CCCCCC2)cn1. The molecule has 1 aromatic heterocycles. The molecule has 116 valence electrons. The lowest BCUT2D eigenvalue weighted by molar-refractivity contribution is -0.148. The average Bonchev–Trinajstić information content (AvgIpc) is 2.72. The Hall–Kier alpha value is -1.89. The minimum atomic E-state index is -1.19. The van der Waals surface area contributed by atoms with Gasteiger partial charge in [-0.15, -0.1) is 0 Å². The first-order chi connectivity index (χ1) is 9.94. The van der Waals surface area contributed by atoms with Crippen LogP contribution in [0, 0.1) is 0 Å². The van der Waals surface area contributed by atoms with Crippen molar-refractivity contribution in [2.45, 2.75) is 50.1 Å². The zero-order chi connectivity index (χ0) is 15.5. The summed E-state index contributed by atoms with van der Waals surface area (Å²) in [6.07, 6.45) is 7.68. The summed E-state index contributed by atoms with van der Waals surface area (Å²) in [6.45, 7) is 0. The molecule has 0 radical (unpaired) electrons. The maximum absolute atomic E-state index is 12.3. The quantitative estimate of drug-likeness (QED) is 0.708. The Balaban J connectivity index is 2.12. The average molecular weight is 294 g/mol. The zero-order valence-corrected chi connectivity index (χ0v) is 12.2. The number of carbonyl (C=O) groups is 2. The van der Waals surface area contributed by atoms with Gasteiger partial charge in [-0.2, -0.15) is 5.10 Å². The van der Waals surface area contributed by atoms with Gasteiger partial charge in [0.25, 0.3) is 0 Å². The van der Waals surface area contributed by atoms with E-state index in [0.29, 0.717) is 18.4 Å². The van der Waals surface area contributed by atoms with Crippen molar-refractivity contribution in [1.82, 2.24) is 15.1 Å². The van der Waals surface area contributed by atoms with Crippen LogP contribution in [0.3, 0.4) is 0 Å². The van der Waals surface area contributed by atoms with Gasteiger partial charge in [0.15, 0.2) is 0 Å². The van der Waals surface area contributed by atoms with Crippen LogP contribution < -0.4 is 11.1 Å². The van der Waals surface area contributed by atoms with Crippen molar-refractivity contribution in [2.24, 2.45) is 12.8 Å². The van der Waals surface area contributed by atoms with E-state index in [1.807, 2.05) is 0 Å². The summed E-state index contributed by atoms with van der Waals surface area (Å²) < 4.78 is 1.56. The van der Waals surface area contributed by atoms with Crippen LogP contribution in [0.5, 0.6) is 0 Å². The number of nitrogens with one attached hydrogen (secondary N) is 1. The number of carboxylic acids is 1. The summed E-state index contributed by atoms with van der Waals surface area (Å²) in [4.78, 5) is 24.0. The number of hydrogen-bond acceptors (Lipinski definition) is 4. The van der Waals surface area contributed by atoms with E-state index in [-0.39, 0.29) is 0 Å². The van der Waals surface area contributed by atoms with Crippen molar-refractivity contribution in [3.05, 3.63) is 18.0 Å². The lowest BCUT2D eigenvalue weighted by Gasteiger charge is -2.30. The van der Waals surface area contributed by atoms with Crippen LogP contribution in [0.15, 0.2) is 12.4 Å². The Morgan fingerprint density at radius 2 is 2.00 bits per heavy atom. The van der Waals surface area contributed by atoms with Gasteiger partial charge in [-0.3, -0.25) is 9.48 Å². The third-order valence-corrected chi connectivity index (χ3v) is 4.10. The number of nitrogens with two attached hydrogens (primary N) is 1. The molecule has 0 aromatic carbocycles. The van der Waals surface area contributed by atoms with Crippen LogP contribution in [0.1, 0.15) is 50.1 Å². The molecule has 2 rings (SSSR count). The second kappa shape index (κ2) is 6.26. The van der Waals surface area contributed by atoms with E-state index in [1.54, 1.807) is 17.9 Å². The van der Waals surface area contributed by atoms with Gasteiger partial charge in [0, 0.05) is 18.8 Å². The first kappa shape index (κ1) is 15.5. The third kappa shape index (κ3) is 3.41. The minimum Gasteiger partial charge on any atom is -0.480 e. The summed E-state index contributed by atoms with van der Waals surface area (Å²) in [5.41, 5.74) is 5.30. The molecule has 0 bridgehead atoms. The number of aliphatic carboxylic acids is 1. The fourth-order valence-electron chi connectivity index (χ4n) is 2.79. The van der Waals surface area contributed by atoms with Crippen molar-refractivity contribution >= 4 is 11.9 Å². The molecule has 0 aliphatic heterocycles. The summed E-state index contributed by atoms with van der Waals surface area (Å²) in [7, 11) is 1.73. The predicted molar refractivity (Wildman–Crippen MR) is 76.3 cm³/mol. The Morgan fingerprint density at radius 1 is 1.38 bits per heavy atom. The van der Waals surface area contributed by atoms with E-state index < -0.39 is 23.5 Å². The lowest BCUT2D eigenvalue weighted by atomic mass is 9.89. The molecule has 21 heavy (non-hydrogen) atoms. The molecule has 0 saturated heterocycles. The van der Waals surface area contributed by atoms with Crippen LogP contribution in [0.25, 0.3) is 0 Å². The van der Waals surface area contributed by atoms with Gasteiger partial charge < -0.3 is 16.2 Å². The minimum absolute atomic E-state index is 0.452. The maximum atomic E-state index is 12.3. The number of amides is 1. The summed E-state index contributed by atoms with van der Waals surface area (Å²) in [5.74, 6) is -1.44. The van der Waals surface area contributed by atoms with Gasteiger partial charge in [0.2, 0.25) is 5.91 Å². The fourth-order valence-corrected chi connectivity index (χ4v) is 2.79. The van der Waals surface area contributed by atoms with E-state index >= 15 is 0 Å². The van der Waals surface area contributed by atoms with E-state index in [1.165, 1.54) is 6.20 Å². The summed E-state index contributed by atoms with van der Waals surface area (Å²) >= 11 is 0. The lowest BCUT2D eigenvalue weighted by Crippen LogP contribution is -2.56. The molecule has 1 aliphatic carbocycles. The van der Waals surface area contributed by atoms with Crippen LogP contribution in [-0.4, -0.2) is 32.3 Å². The van der Waals surface area contributed by atoms with Crippen molar-refractivity contribution < 1.29 is 14.7 Å². The number of hydrogen-bond donors (Lipinski definition) is 3. The first-order valence-electron chi connectivity index (χ1n) is 7.24. The molecule has 1 heterocycles. The molecule has 7 nitrogen and oxygen atoms in total. The molecule has 1 amide bonds. The molecule has 4 N–H and O–H groups in total. The van der Waals surface area contributed by atoms with Gasteiger partial charge >= 0.3 is 5.97 Å². The molecule has 1 fully saturated rings. The normalized spacial score (nSPS) is 19.5. The molecule has 7 heteroatoms. The summed E-state index contributed by atoms with van der Waals surface area (Å²) in [5, 5.41) is 16.2. The Labute approximate surface area is 123 Å². The molecule has 1 atom stereocenters. The highest BCUT2D eigenvalue weighted by Crippen LogP contribution is 2.28. The number of aryl methyl sites for hydroxylation is 1. The second-order valence-corrected chi connectivity index (χ2v) is 5.72. The largest absolute Gasteiger partial charge is 0.480 e. The van der Waals surface area contributed by atoms with Crippen molar-refractivity contribution in [3.63, 3.8) is 0 Å². The molecular formula is C14H22N4O3. The molecule has 0 spiro atoms. The van der Waals surface area contributed by atoms with Gasteiger partial charge in [-0.1, -0.05) is 25.7 Å². The van der Waals surface area contributed by atoms with E-state index in [2.05, 4.69) is 10.4 Å². The van der Waals surface area contributed by atoms with Crippen molar-refractivity contribution in [2.75, 3.05) is 0 Å². The van der Waals surface area contributed by atoms with Crippen LogP contribution in [0.4, 0.5) is 0 Å². The zero-order valence-electron chi connectivity index (χ0n) is 12.2. The molecule has 1 aliphatic rings. The van der Waals surface area contributed by atoms with Crippen LogP contribution in [-0.2, 0) is 16.6 Å². The second-order valence-electron chi connectivity index (χ2n) is 5.72. The van der Waals surface area contributed by atoms with E-state index in [4.69, 9.17) is 5.73 Å². The Kier molecular flexibility index (Phi) is 4.62. The van der Waals surface area contributed by atoms with Crippen molar-refractivity contribution in [3.8, 4) is 0 Å². The highest BCUT2D eigenvalue weighted by Gasteiger charge is 2.41. The van der Waals surface area contributed by atoms with Crippen LogP contribution in [0.2, 0.25) is 0 Å². The molecule has 1 aromatic rings. The van der Waals surface area contributed by atoms with Gasteiger partial charge in [0.1, 0.15) is 11.6 Å². The van der Waals surface area contributed by atoms with Gasteiger partial charge in [-0.25, -0.2) is 4.79 Å². The van der Waals surface area contributed by atoms with E-state index in [9.17, 15) is 14.7 Å².